The smallest absolute Gasteiger partial charge is 0.310 e. The fourth-order valence-electron chi connectivity index (χ4n) is 2.10. The van der Waals surface area contributed by atoms with Crippen molar-refractivity contribution in [2.75, 3.05) is 13.2 Å². The van der Waals surface area contributed by atoms with Crippen LogP contribution in [0.5, 0.6) is 0 Å². The highest BCUT2D eigenvalue weighted by Gasteiger charge is 2.34. The van der Waals surface area contributed by atoms with Crippen LogP contribution in [0.15, 0.2) is 0 Å². The molecule has 1 N–H and O–H groups in total. The molecule has 0 aromatic rings. The summed E-state index contributed by atoms with van der Waals surface area (Å²) < 4.78 is 4.94. The molecule has 2 fully saturated rings. The van der Waals surface area contributed by atoms with Crippen LogP contribution in [0.4, 0.5) is 0 Å². The van der Waals surface area contributed by atoms with Gasteiger partial charge in [-0.05, 0) is 25.8 Å². The van der Waals surface area contributed by atoms with Crippen LogP contribution in [0.1, 0.15) is 25.7 Å². The van der Waals surface area contributed by atoms with Gasteiger partial charge >= 0.3 is 5.97 Å². The van der Waals surface area contributed by atoms with Gasteiger partial charge in [0.05, 0.1) is 12.5 Å². The molecule has 0 aromatic heterocycles. The van der Waals surface area contributed by atoms with Crippen LogP contribution in [0.3, 0.4) is 0 Å². The van der Waals surface area contributed by atoms with Gasteiger partial charge < -0.3 is 10.1 Å². The van der Waals surface area contributed by atoms with E-state index in [9.17, 15) is 4.79 Å². The second-order valence-electron chi connectivity index (χ2n) is 3.62. The second-order valence-corrected chi connectivity index (χ2v) is 3.62. The van der Waals surface area contributed by atoms with E-state index in [1.54, 1.807) is 0 Å². The molecule has 0 radical (unpaired) electrons. The number of carbonyl (C=O) groups excluding carboxylic acids is 1. The Morgan fingerprint density at radius 3 is 2.83 bits per heavy atom. The summed E-state index contributed by atoms with van der Waals surface area (Å²) in [7, 11) is 0. The summed E-state index contributed by atoms with van der Waals surface area (Å²) in [6.45, 7) is 1.69. The van der Waals surface area contributed by atoms with Gasteiger partial charge in [-0.25, -0.2) is 0 Å². The van der Waals surface area contributed by atoms with E-state index in [4.69, 9.17) is 4.74 Å². The Labute approximate surface area is 72.5 Å². The van der Waals surface area contributed by atoms with Gasteiger partial charge in [-0.3, -0.25) is 4.79 Å². The van der Waals surface area contributed by atoms with Crippen molar-refractivity contribution in [2.45, 2.75) is 31.7 Å². The third-order valence-corrected chi connectivity index (χ3v) is 2.81. The SMILES string of the molecule is O=C1OCCC1C1CCCCN1. The Hall–Kier alpha value is -0.570. The van der Waals surface area contributed by atoms with Crippen LogP contribution in [0.2, 0.25) is 0 Å². The Kier molecular flexibility index (Phi) is 2.30. The lowest BCUT2D eigenvalue weighted by molar-refractivity contribution is -0.142. The summed E-state index contributed by atoms with van der Waals surface area (Å²) in [5.74, 6) is 0.152. The molecule has 0 bridgehead atoms. The summed E-state index contributed by atoms with van der Waals surface area (Å²) >= 11 is 0. The molecule has 0 aliphatic carbocycles. The first-order valence-electron chi connectivity index (χ1n) is 4.78. The van der Waals surface area contributed by atoms with Gasteiger partial charge in [0, 0.05) is 6.04 Å². The molecule has 12 heavy (non-hydrogen) atoms. The highest BCUT2D eigenvalue weighted by molar-refractivity contribution is 5.75. The fourth-order valence-corrected chi connectivity index (χ4v) is 2.10. The van der Waals surface area contributed by atoms with Crippen LogP contribution in [0.25, 0.3) is 0 Å². The predicted molar refractivity (Wildman–Crippen MR) is 44.7 cm³/mol. The second kappa shape index (κ2) is 3.44. The van der Waals surface area contributed by atoms with Crippen LogP contribution < -0.4 is 5.32 Å². The minimum atomic E-state index is 0.00870. The largest absolute Gasteiger partial charge is 0.465 e. The summed E-state index contributed by atoms with van der Waals surface area (Å²) in [4.78, 5) is 11.2. The Bertz CT molecular complexity index is 175. The van der Waals surface area contributed by atoms with Crippen molar-refractivity contribution in [1.29, 1.82) is 0 Å². The van der Waals surface area contributed by atoms with E-state index < -0.39 is 0 Å². The normalized spacial score (nSPS) is 36.5. The van der Waals surface area contributed by atoms with Crippen molar-refractivity contribution in [2.24, 2.45) is 5.92 Å². The van der Waals surface area contributed by atoms with Gasteiger partial charge in [0.1, 0.15) is 0 Å². The number of ether oxygens (including phenoxy) is 1. The summed E-state index contributed by atoms with van der Waals surface area (Å²) in [6.07, 6.45) is 4.55. The predicted octanol–water partition coefficient (Wildman–Crippen LogP) is 0.692. The number of rotatable bonds is 1. The van der Waals surface area contributed by atoms with Gasteiger partial charge in [0.25, 0.3) is 0 Å². The van der Waals surface area contributed by atoms with E-state index in [2.05, 4.69) is 5.32 Å². The van der Waals surface area contributed by atoms with Crippen molar-refractivity contribution in [3.63, 3.8) is 0 Å². The van der Waals surface area contributed by atoms with Gasteiger partial charge in [-0.2, -0.15) is 0 Å². The number of nitrogens with one attached hydrogen (secondary N) is 1. The molecule has 2 unspecified atom stereocenters. The minimum absolute atomic E-state index is 0.00870. The topological polar surface area (TPSA) is 38.3 Å². The molecule has 2 aliphatic heterocycles. The Balaban J connectivity index is 1.93. The van der Waals surface area contributed by atoms with E-state index in [-0.39, 0.29) is 11.9 Å². The molecule has 3 heteroatoms. The summed E-state index contributed by atoms with van der Waals surface area (Å²) in [5.41, 5.74) is 0. The van der Waals surface area contributed by atoms with E-state index in [0.717, 1.165) is 19.4 Å². The average molecular weight is 169 g/mol. The molecular formula is C9H15NO2. The van der Waals surface area contributed by atoms with E-state index in [0.29, 0.717) is 12.6 Å². The van der Waals surface area contributed by atoms with Gasteiger partial charge in [0.15, 0.2) is 0 Å². The number of hydrogen-bond donors (Lipinski definition) is 1. The highest BCUT2D eigenvalue weighted by atomic mass is 16.5. The molecular weight excluding hydrogens is 154 g/mol. The molecule has 3 nitrogen and oxygen atoms in total. The third-order valence-electron chi connectivity index (χ3n) is 2.81. The minimum Gasteiger partial charge on any atom is -0.465 e. The molecule has 2 saturated heterocycles. The molecule has 0 amide bonds. The first-order chi connectivity index (χ1) is 5.88. The average Bonchev–Trinajstić information content (AvgIpc) is 2.53. The maximum atomic E-state index is 11.2. The van der Waals surface area contributed by atoms with Gasteiger partial charge in [-0.1, -0.05) is 6.42 Å². The Morgan fingerprint density at radius 2 is 2.25 bits per heavy atom. The van der Waals surface area contributed by atoms with Crippen molar-refractivity contribution < 1.29 is 9.53 Å². The number of carbonyl (C=O) groups is 1. The lowest BCUT2D eigenvalue weighted by Crippen LogP contribution is -2.41. The zero-order valence-electron chi connectivity index (χ0n) is 7.21. The Morgan fingerprint density at radius 1 is 1.33 bits per heavy atom. The number of hydrogen-bond acceptors (Lipinski definition) is 3. The molecule has 2 heterocycles. The molecule has 0 aromatic carbocycles. The lowest BCUT2D eigenvalue weighted by atomic mass is 9.91. The van der Waals surface area contributed by atoms with E-state index in [1.165, 1.54) is 12.8 Å². The number of piperidine rings is 1. The fraction of sp³-hybridized carbons (Fsp3) is 0.889. The quantitative estimate of drug-likeness (QED) is 0.587. The first kappa shape index (κ1) is 8.05. The van der Waals surface area contributed by atoms with Crippen molar-refractivity contribution in [1.82, 2.24) is 5.32 Å². The maximum Gasteiger partial charge on any atom is 0.310 e. The van der Waals surface area contributed by atoms with Gasteiger partial charge in [0.2, 0.25) is 0 Å². The number of esters is 1. The highest BCUT2D eigenvalue weighted by Crippen LogP contribution is 2.23. The van der Waals surface area contributed by atoms with Gasteiger partial charge in [-0.15, -0.1) is 0 Å². The number of cyclic esters (lactones) is 1. The molecule has 2 rings (SSSR count). The molecule has 0 saturated carbocycles. The van der Waals surface area contributed by atoms with Crippen LogP contribution >= 0.6 is 0 Å². The molecule has 0 spiro atoms. The van der Waals surface area contributed by atoms with Crippen LogP contribution in [-0.4, -0.2) is 25.2 Å². The molecule has 2 atom stereocenters. The van der Waals surface area contributed by atoms with Crippen molar-refractivity contribution in [3.8, 4) is 0 Å². The summed E-state index contributed by atoms with van der Waals surface area (Å²) in [5, 5.41) is 3.39. The van der Waals surface area contributed by atoms with Crippen molar-refractivity contribution >= 4 is 5.97 Å². The third kappa shape index (κ3) is 1.46. The molecule has 68 valence electrons. The zero-order chi connectivity index (χ0) is 8.39. The molecule has 2 aliphatic rings. The van der Waals surface area contributed by atoms with E-state index >= 15 is 0 Å². The first-order valence-corrected chi connectivity index (χ1v) is 4.78. The van der Waals surface area contributed by atoms with E-state index in [1.807, 2.05) is 0 Å². The van der Waals surface area contributed by atoms with Crippen molar-refractivity contribution in [3.05, 3.63) is 0 Å². The maximum absolute atomic E-state index is 11.2. The van der Waals surface area contributed by atoms with Crippen LogP contribution in [-0.2, 0) is 9.53 Å². The monoisotopic (exact) mass is 169 g/mol. The zero-order valence-corrected chi connectivity index (χ0v) is 7.21. The summed E-state index contributed by atoms with van der Waals surface area (Å²) in [6, 6.07) is 0.397. The lowest BCUT2D eigenvalue weighted by Gasteiger charge is -2.26. The standard InChI is InChI=1S/C9H15NO2/c11-9-7(4-6-12-9)8-3-1-2-5-10-8/h7-8,10H,1-6H2. The van der Waals surface area contributed by atoms with Crippen LogP contribution in [0, 0.1) is 5.92 Å².